The number of methoxy groups -OCH3 is 2. The van der Waals surface area contributed by atoms with Gasteiger partial charge in [0.25, 0.3) is 5.91 Å². The third-order valence-corrected chi connectivity index (χ3v) is 4.32. The number of nitrogens with zero attached hydrogens (tertiary/aromatic N) is 2. The number of carbonyl (C=O) groups is 3. The minimum atomic E-state index is -0.793. The lowest BCUT2D eigenvalue weighted by Crippen LogP contribution is -2.42. The van der Waals surface area contributed by atoms with Gasteiger partial charge in [0, 0.05) is 0 Å². The molecule has 0 spiro atoms. The molecule has 1 heterocycles. The van der Waals surface area contributed by atoms with Crippen molar-refractivity contribution in [3.8, 4) is 0 Å². The summed E-state index contributed by atoms with van der Waals surface area (Å²) in [7, 11) is 2.29. The van der Waals surface area contributed by atoms with Gasteiger partial charge < -0.3 is 9.47 Å². The van der Waals surface area contributed by atoms with E-state index in [4.69, 9.17) is 23.2 Å². The normalized spacial score (nSPS) is 10.4. The Kier molecular flexibility index (Phi) is 6.81. The molecule has 0 radical (unpaired) electrons. The Hall–Kier alpha value is -2.58. The Morgan fingerprint density at radius 1 is 1.11 bits per heavy atom. The highest BCUT2D eigenvalue weighted by molar-refractivity contribution is 6.42. The van der Waals surface area contributed by atoms with Crippen LogP contribution >= 0.6 is 23.2 Å². The van der Waals surface area contributed by atoms with Gasteiger partial charge in [-0.15, -0.1) is 0 Å². The van der Waals surface area contributed by atoms with E-state index in [1.165, 1.54) is 30.3 Å². The molecule has 1 aromatic heterocycles. The van der Waals surface area contributed by atoms with Gasteiger partial charge in [-0.2, -0.15) is 0 Å². The zero-order chi connectivity index (χ0) is 20.1. The van der Waals surface area contributed by atoms with E-state index in [2.05, 4.69) is 9.47 Å². The van der Waals surface area contributed by atoms with Gasteiger partial charge in [-0.05, 0) is 23.8 Å². The van der Waals surface area contributed by atoms with Crippen LogP contribution in [0.1, 0.15) is 22.5 Å². The maximum absolute atomic E-state index is 13.2. The fourth-order valence-corrected chi connectivity index (χ4v) is 2.67. The predicted molar refractivity (Wildman–Crippen MR) is 95.8 cm³/mol. The first-order valence-electron chi connectivity index (χ1n) is 7.55. The molecule has 0 unspecified atom stereocenters. The number of aromatic nitrogens is 1. The van der Waals surface area contributed by atoms with Crippen molar-refractivity contribution in [2.45, 2.75) is 13.0 Å². The Balaban J connectivity index is 2.52. The van der Waals surface area contributed by atoms with Crippen molar-refractivity contribution in [3.63, 3.8) is 0 Å². The van der Waals surface area contributed by atoms with Gasteiger partial charge in [0.05, 0.1) is 25.8 Å². The molecule has 0 saturated heterocycles. The molecule has 2 aromatic rings. The smallest absolute Gasteiger partial charge is 0.356 e. The maximum atomic E-state index is 13.2. The lowest BCUT2D eigenvalue weighted by molar-refractivity contribution is -0.143. The Labute approximate surface area is 164 Å². The van der Waals surface area contributed by atoms with Crippen LogP contribution in [0.2, 0.25) is 10.2 Å². The van der Waals surface area contributed by atoms with Crippen LogP contribution in [0.25, 0.3) is 0 Å². The van der Waals surface area contributed by atoms with Gasteiger partial charge in [-0.25, -0.2) is 18.9 Å². The highest BCUT2D eigenvalue weighted by atomic mass is 35.5. The number of esters is 2. The zero-order valence-corrected chi connectivity index (χ0v) is 15.9. The van der Waals surface area contributed by atoms with Gasteiger partial charge in [-0.1, -0.05) is 35.3 Å². The van der Waals surface area contributed by atoms with Gasteiger partial charge in [-0.3, -0.25) is 9.59 Å². The molecule has 0 aliphatic carbocycles. The summed E-state index contributed by atoms with van der Waals surface area (Å²) < 4.78 is 23.4. The third-order valence-electron chi connectivity index (χ3n) is 3.57. The van der Waals surface area contributed by atoms with E-state index in [1.54, 1.807) is 0 Å². The molecule has 2 rings (SSSR count). The van der Waals surface area contributed by atoms with Gasteiger partial charge in [0.15, 0.2) is 5.69 Å². The summed E-state index contributed by atoms with van der Waals surface area (Å²) in [6.45, 7) is -0.120. The second kappa shape index (κ2) is 8.88. The van der Waals surface area contributed by atoms with Crippen molar-refractivity contribution in [2.75, 3.05) is 19.2 Å². The summed E-state index contributed by atoms with van der Waals surface area (Å²) in [6, 6.07) is 6.56. The molecule has 1 amide bonds. The first-order valence-corrected chi connectivity index (χ1v) is 8.31. The second-order valence-electron chi connectivity index (χ2n) is 5.30. The SMILES string of the molecule is COC(=O)CC(=O)N(Cc1ccc(F)cc1)n1c(C(=O)OC)cc(Cl)c1Cl. The maximum Gasteiger partial charge on any atom is 0.356 e. The van der Waals surface area contributed by atoms with Crippen LogP contribution < -0.4 is 5.01 Å². The summed E-state index contributed by atoms with van der Waals surface area (Å²) >= 11 is 12.2. The van der Waals surface area contributed by atoms with Crippen LogP contribution in [0, 0.1) is 5.82 Å². The molecule has 0 aliphatic heterocycles. The first-order chi connectivity index (χ1) is 12.8. The molecule has 0 bridgehead atoms. The van der Waals surface area contributed by atoms with E-state index in [-0.39, 0.29) is 22.4 Å². The summed E-state index contributed by atoms with van der Waals surface area (Å²) in [6.07, 6.45) is -0.607. The quantitative estimate of drug-likeness (QED) is 0.534. The lowest BCUT2D eigenvalue weighted by Gasteiger charge is -2.26. The fraction of sp³-hybridized carbons (Fsp3) is 0.235. The van der Waals surface area contributed by atoms with E-state index in [9.17, 15) is 18.8 Å². The number of hydrogen-bond acceptors (Lipinski definition) is 5. The molecular formula is C17H15Cl2FN2O5. The van der Waals surface area contributed by atoms with Crippen LogP contribution in [0.4, 0.5) is 4.39 Å². The van der Waals surface area contributed by atoms with E-state index in [0.29, 0.717) is 5.56 Å². The van der Waals surface area contributed by atoms with Crippen molar-refractivity contribution < 1.29 is 28.2 Å². The fourth-order valence-electron chi connectivity index (χ4n) is 2.25. The minimum Gasteiger partial charge on any atom is -0.469 e. The summed E-state index contributed by atoms with van der Waals surface area (Å²) in [5, 5.41) is 0.911. The van der Waals surface area contributed by atoms with Crippen molar-refractivity contribution in [3.05, 3.63) is 57.6 Å². The molecule has 0 atom stereocenters. The molecule has 0 N–H and O–H groups in total. The van der Waals surface area contributed by atoms with Crippen molar-refractivity contribution in [1.29, 1.82) is 0 Å². The first kappa shape index (κ1) is 20.7. The number of halogens is 3. The van der Waals surface area contributed by atoms with Gasteiger partial charge in [0.2, 0.25) is 0 Å². The molecule has 0 saturated carbocycles. The standard InChI is InChI=1S/C17H15Cl2FN2O5/c1-26-15(24)8-14(23)21(9-10-3-5-11(20)6-4-10)22-13(17(25)27-2)7-12(18)16(22)19/h3-7H,8-9H2,1-2H3. The van der Waals surface area contributed by atoms with Crippen molar-refractivity contribution in [1.82, 2.24) is 4.68 Å². The van der Waals surface area contributed by atoms with Gasteiger partial charge in [0.1, 0.15) is 17.4 Å². The van der Waals surface area contributed by atoms with Crippen molar-refractivity contribution in [2.24, 2.45) is 0 Å². The van der Waals surface area contributed by atoms with Crippen LogP contribution in [0.3, 0.4) is 0 Å². The number of benzene rings is 1. The molecule has 1 aromatic carbocycles. The van der Waals surface area contributed by atoms with Crippen LogP contribution in [-0.4, -0.2) is 36.7 Å². The molecule has 0 aliphatic rings. The van der Waals surface area contributed by atoms with E-state index < -0.39 is 30.1 Å². The van der Waals surface area contributed by atoms with Crippen LogP contribution in [0.15, 0.2) is 30.3 Å². The van der Waals surface area contributed by atoms with Gasteiger partial charge >= 0.3 is 11.9 Å². The summed E-state index contributed by atoms with van der Waals surface area (Å²) in [5.74, 6) is -2.74. The van der Waals surface area contributed by atoms with E-state index in [0.717, 1.165) is 23.9 Å². The molecule has 144 valence electrons. The largest absolute Gasteiger partial charge is 0.469 e. The summed E-state index contributed by atoms with van der Waals surface area (Å²) in [4.78, 5) is 36.3. The third kappa shape index (κ3) is 4.78. The summed E-state index contributed by atoms with van der Waals surface area (Å²) in [5.41, 5.74) is 0.402. The zero-order valence-electron chi connectivity index (χ0n) is 14.4. The number of amides is 1. The average molecular weight is 417 g/mol. The lowest BCUT2D eigenvalue weighted by atomic mass is 10.2. The Morgan fingerprint density at radius 2 is 1.74 bits per heavy atom. The Bertz CT molecular complexity index is 867. The van der Waals surface area contributed by atoms with E-state index >= 15 is 0 Å². The van der Waals surface area contributed by atoms with Crippen LogP contribution in [0.5, 0.6) is 0 Å². The van der Waals surface area contributed by atoms with Crippen molar-refractivity contribution >= 4 is 41.0 Å². The number of ether oxygens (including phenoxy) is 2. The Morgan fingerprint density at radius 3 is 2.30 bits per heavy atom. The van der Waals surface area contributed by atoms with Crippen LogP contribution in [-0.2, 0) is 25.6 Å². The number of rotatable bonds is 6. The molecule has 10 heteroatoms. The number of carbonyl (C=O) groups excluding carboxylic acids is 3. The minimum absolute atomic E-state index is 0.00652. The molecule has 7 nitrogen and oxygen atoms in total. The molecule has 27 heavy (non-hydrogen) atoms. The van der Waals surface area contributed by atoms with E-state index in [1.807, 2.05) is 0 Å². The monoisotopic (exact) mass is 416 g/mol. The average Bonchev–Trinajstić information content (AvgIpc) is 2.95. The molecular weight excluding hydrogens is 402 g/mol. The number of hydrogen-bond donors (Lipinski definition) is 0. The highest BCUT2D eigenvalue weighted by Gasteiger charge is 2.28. The highest BCUT2D eigenvalue weighted by Crippen LogP contribution is 2.28. The predicted octanol–water partition coefficient (Wildman–Crippen LogP) is 2.95. The topological polar surface area (TPSA) is 77.8 Å². The second-order valence-corrected chi connectivity index (χ2v) is 6.07. The molecule has 0 fully saturated rings.